The van der Waals surface area contributed by atoms with Crippen molar-refractivity contribution in [2.75, 3.05) is 32.0 Å². The molecule has 194 valence electrons. The molecule has 1 fully saturated rings. The fourth-order valence-corrected chi connectivity index (χ4v) is 5.99. The van der Waals surface area contributed by atoms with Crippen LogP contribution in [0.2, 0.25) is 0 Å². The average Bonchev–Trinajstić information content (AvgIpc) is 3.27. The second-order valence-corrected chi connectivity index (χ2v) is 10.5. The highest BCUT2D eigenvalue weighted by atomic mass is 19.1. The van der Waals surface area contributed by atoms with Crippen molar-refractivity contribution in [3.8, 4) is 5.75 Å². The minimum Gasteiger partial charge on any atom is -0.489 e. The van der Waals surface area contributed by atoms with Crippen molar-refractivity contribution < 1.29 is 9.13 Å². The minimum atomic E-state index is -0.251. The summed E-state index contributed by atoms with van der Waals surface area (Å²) in [7, 11) is 0. The molecule has 3 aromatic rings. The zero-order chi connectivity index (χ0) is 25.8. The summed E-state index contributed by atoms with van der Waals surface area (Å²) < 4.78 is 18.9. The van der Waals surface area contributed by atoms with Crippen molar-refractivity contribution in [3.05, 3.63) is 94.0 Å². The molecule has 3 aromatic carbocycles. The summed E-state index contributed by atoms with van der Waals surface area (Å²) in [5, 5.41) is 0. The van der Waals surface area contributed by atoms with E-state index in [0.29, 0.717) is 6.42 Å². The number of allylic oxidation sites excluding steroid dienone is 1. The summed E-state index contributed by atoms with van der Waals surface area (Å²) in [5.41, 5.74) is 17.7. The van der Waals surface area contributed by atoms with Gasteiger partial charge in [0.15, 0.2) is 0 Å². The van der Waals surface area contributed by atoms with Gasteiger partial charge in [-0.2, -0.15) is 0 Å². The molecular weight excluding hydrogens is 459 g/mol. The molecule has 0 amide bonds. The van der Waals surface area contributed by atoms with E-state index in [1.165, 1.54) is 44.5 Å². The summed E-state index contributed by atoms with van der Waals surface area (Å²) in [6.45, 7) is 6.84. The molecule has 0 saturated carbocycles. The van der Waals surface area contributed by atoms with Crippen LogP contribution in [-0.4, -0.2) is 37.3 Å². The summed E-state index contributed by atoms with van der Waals surface area (Å²) in [5.74, 6) is 0.902. The Hall–Kier alpha value is -3.11. The predicted octanol–water partition coefficient (Wildman–Crippen LogP) is 7.25. The third-order valence-electron chi connectivity index (χ3n) is 7.82. The number of alkyl halides is 1. The number of ether oxygens (including phenoxy) is 1. The van der Waals surface area contributed by atoms with Crippen LogP contribution in [0.3, 0.4) is 0 Å². The molecule has 0 bridgehead atoms. The number of likely N-dealkylation sites (tertiary alicyclic amines) is 1. The maximum Gasteiger partial charge on any atom is 0.119 e. The number of nitrogens with zero attached hydrogens (tertiary/aromatic N) is 1. The van der Waals surface area contributed by atoms with Crippen LogP contribution < -0.4 is 10.5 Å². The molecule has 5 rings (SSSR count). The lowest BCUT2D eigenvalue weighted by Gasteiger charge is -2.20. The lowest BCUT2D eigenvalue weighted by Crippen LogP contribution is -2.26. The van der Waals surface area contributed by atoms with Gasteiger partial charge >= 0.3 is 0 Å². The first-order valence-electron chi connectivity index (χ1n) is 13.8. The Morgan fingerprint density at radius 2 is 1.81 bits per heavy atom. The van der Waals surface area contributed by atoms with Crippen LogP contribution >= 0.6 is 0 Å². The van der Waals surface area contributed by atoms with E-state index in [2.05, 4.69) is 73.3 Å². The molecule has 3 nitrogen and oxygen atoms in total. The van der Waals surface area contributed by atoms with Crippen molar-refractivity contribution >= 4 is 16.8 Å². The molecule has 1 heterocycles. The van der Waals surface area contributed by atoms with Crippen LogP contribution in [-0.2, 0) is 12.8 Å². The maximum atomic E-state index is 12.5. The molecule has 1 saturated heterocycles. The van der Waals surface area contributed by atoms with E-state index in [0.717, 1.165) is 63.2 Å². The number of anilines is 1. The van der Waals surface area contributed by atoms with Crippen molar-refractivity contribution in [2.45, 2.75) is 58.5 Å². The first-order chi connectivity index (χ1) is 18.1. The van der Waals surface area contributed by atoms with Gasteiger partial charge in [-0.1, -0.05) is 48.9 Å². The highest BCUT2D eigenvalue weighted by Gasteiger charge is 2.24. The van der Waals surface area contributed by atoms with Crippen LogP contribution in [0.5, 0.6) is 5.75 Å². The number of hydrogen-bond donors (Lipinski definition) is 1. The van der Waals surface area contributed by atoms with Gasteiger partial charge in [0.1, 0.15) is 11.9 Å². The van der Waals surface area contributed by atoms with E-state index in [4.69, 9.17) is 10.5 Å². The summed E-state index contributed by atoms with van der Waals surface area (Å²) in [6.07, 6.45) is 5.95. The molecule has 2 N–H and O–H groups in total. The fourth-order valence-electron chi connectivity index (χ4n) is 5.99. The molecule has 0 aromatic heterocycles. The molecular formula is C33H39FN2O. The van der Waals surface area contributed by atoms with Gasteiger partial charge in [-0.3, -0.25) is 9.29 Å². The number of rotatable bonds is 8. The van der Waals surface area contributed by atoms with Crippen molar-refractivity contribution in [3.63, 3.8) is 0 Å². The van der Waals surface area contributed by atoms with E-state index in [1.807, 2.05) is 6.07 Å². The highest BCUT2D eigenvalue weighted by molar-refractivity contribution is 6.00. The minimum absolute atomic E-state index is 0.168. The Morgan fingerprint density at radius 3 is 2.59 bits per heavy atom. The SMILES string of the molecule is CCc1cc(C)ccc1C1=C(c2ccc(OC3CCN(CCCF)C3)cc2)c2ccc(N)cc2CCC1. The Labute approximate surface area is 221 Å². The smallest absolute Gasteiger partial charge is 0.119 e. The first-order valence-corrected chi connectivity index (χ1v) is 13.8. The zero-order valence-electron chi connectivity index (χ0n) is 22.2. The van der Waals surface area contributed by atoms with Crippen LogP contribution in [0.4, 0.5) is 10.1 Å². The largest absolute Gasteiger partial charge is 0.489 e. The number of fused-ring (bicyclic) bond motifs is 1. The number of nitrogen functional groups attached to an aromatic ring is 1. The number of aryl methyl sites for hydroxylation is 3. The van der Waals surface area contributed by atoms with Crippen molar-refractivity contribution in [1.29, 1.82) is 0 Å². The van der Waals surface area contributed by atoms with E-state index in [-0.39, 0.29) is 12.8 Å². The average molecular weight is 499 g/mol. The second-order valence-electron chi connectivity index (χ2n) is 10.5. The molecule has 2 aliphatic rings. The van der Waals surface area contributed by atoms with Gasteiger partial charge in [-0.05, 0) is 109 Å². The normalized spacial score (nSPS) is 18.1. The molecule has 37 heavy (non-hydrogen) atoms. The van der Waals surface area contributed by atoms with Gasteiger partial charge < -0.3 is 10.5 Å². The second kappa shape index (κ2) is 11.5. The van der Waals surface area contributed by atoms with Crippen LogP contribution in [0.25, 0.3) is 11.1 Å². The molecule has 4 heteroatoms. The molecule has 1 aliphatic carbocycles. The van der Waals surface area contributed by atoms with Gasteiger partial charge in [-0.25, -0.2) is 0 Å². The number of hydrogen-bond acceptors (Lipinski definition) is 3. The topological polar surface area (TPSA) is 38.5 Å². The number of benzene rings is 3. The standard InChI is InChI=1S/C33H39FN2O/c1-3-24-20-23(2)8-14-30(24)32-7-4-6-26-21-27(35)11-15-31(26)33(32)25-9-12-28(13-10-25)37-29-16-19-36(22-29)18-5-17-34/h8-15,20-21,29H,3-7,16-19,22,35H2,1-2H3. The molecule has 0 spiro atoms. The molecule has 1 atom stereocenters. The Kier molecular flexibility index (Phi) is 7.95. The van der Waals surface area contributed by atoms with Crippen LogP contribution in [0.1, 0.15) is 66.0 Å². The first kappa shape index (κ1) is 25.5. The van der Waals surface area contributed by atoms with E-state index in [1.54, 1.807) is 0 Å². The Balaban J connectivity index is 1.50. The van der Waals surface area contributed by atoms with Gasteiger partial charge in [0.05, 0.1) is 6.67 Å². The van der Waals surface area contributed by atoms with E-state index < -0.39 is 0 Å². The quantitative estimate of drug-likeness (QED) is 0.333. The third-order valence-corrected chi connectivity index (χ3v) is 7.82. The summed E-state index contributed by atoms with van der Waals surface area (Å²) in [4.78, 5) is 2.30. The number of nitrogens with two attached hydrogens (primary N) is 1. The summed E-state index contributed by atoms with van der Waals surface area (Å²) in [6, 6.07) is 21.9. The highest BCUT2D eigenvalue weighted by Crippen LogP contribution is 2.42. The van der Waals surface area contributed by atoms with Gasteiger partial charge in [0.2, 0.25) is 0 Å². The zero-order valence-corrected chi connectivity index (χ0v) is 22.2. The monoisotopic (exact) mass is 498 g/mol. The van der Waals surface area contributed by atoms with Crippen molar-refractivity contribution in [1.82, 2.24) is 4.90 Å². The van der Waals surface area contributed by atoms with Gasteiger partial charge in [0, 0.05) is 25.3 Å². The molecule has 1 aliphatic heterocycles. The van der Waals surface area contributed by atoms with Crippen LogP contribution in [0, 0.1) is 6.92 Å². The van der Waals surface area contributed by atoms with E-state index in [9.17, 15) is 4.39 Å². The van der Waals surface area contributed by atoms with Gasteiger partial charge in [0.25, 0.3) is 0 Å². The number of halogens is 1. The van der Waals surface area contributed by atoms with Crippen molar-refractivity contribution in [2.24, 2.45) is 0 Å². The Morgan fingerprint density at radius 1 is 1.00 bits per heavy atom. The third kappa shape index (κ3) is 5.75. The maximum absolute atomic E-state index is 12.5. The predicted molar refractivity (Wildman–Crippen MR) is 153 cm³/mol. The van der Waals surface area contributed by atoms with Crippen LogP contribution in [0.15, 0.2) is 60.7 Å². The fraction of sp³-hybridized carbons (Fsp3) is 0.394. The Bertz CT molecular complexity index is 1260. The molecule has 1 unspecified atom stereocenters. The molecule has 0 radical (unpaired) electrons. The van der Waals surface area contributed by atoms with E-state index >= 15 is 0 Å². The summed E-state index contributed by atoms with van der Waals surface area (Å²) >= 11 is 0. The van der Waals surface area contributed by atoms with Gasteiger partial charge in [-0.15, -0.1) is 0 Å². The lowest BCUT2D eigenvalue weighted by molar-refractivity contribution is 0.198. The lowest BCUT2D eigenvalue weighted by atomic mass is 9.85.